The molecule has 0 unspecified atom stereocenters. The van der Waals surface area contributed by atoms with E-state index >= 15 is 33.6 Å². The lowest BCUT2D eigenvalue weighted by atomic mass is 10.0. The van der Waals surface area contributed by atoms with Gasteiger partial charge in [0.05, 0.1) is 50.1 Å². The summed E-state index contributed by atoms with van der Waals surface area (Å²) >= 11 is 0.707. The summed E-state index contributed by atoms with van der Waals surface area (Å²) in [6.07, 6.45) is 0.852. The van der Waals surface area contributed by atoms with Gasteiger partial charge in [-0.05, 0) is 73.6 Å². The van der Waals surface area contributed by atoms with Crippen molar-refractivity contribution in [3.05, 3.63) is 120 Å². The first-order chi connectivity index (χ1) is 62.9. The number of carbonyl (C=O) groups is 18. The number of phenols is 1. The Balaban J connectivity index is 1.09. The molecule has 3 aliphatic heterocycles. The number of nitrogens with one attached hydrogen (secondary N) is 13. The second-order valence-electron chi connectivity index (χ2n) is 32.7. The summed E-state index contributed by atoms with van der Waals surface area (Å²) in [5, 5.41) is 70.0. The van der Waals surface area contributed by atoms with Gasteiger partial charge in [0.25, 0.3) is 0 Å². The number of aliphatic hydroxyl groups is 3. The topological polar surface area (TPSA) is 672 Å². The van der Waals surface area contributed by atoms with Crippen molar-refractivity contribution in [3.63, 3.8) is 0 Å². The third kappa shape index (κ3) is 27.5. The molecular formula is C86H116N22O23S. The van der Waals surface area contributed by atoms with Crippen LogP contribution in [0.25, 0.3) is 21.8 Å². The van der Waals surface area contributed by atoms with Crippen LogP contribution in [0.1, 0.15) is 100 Å². The van der Waals surface area contributed by atoms with E-state index in [2.05, 4.69) is 73.1 Å². The summed E-state index contributed by atoms with van der Waals surface area (Å²) < 4.78 is 5.44. The van der Waals surface area contributed by atoms with Crippen LogP contribution in [0.5, 0.6) is 5.75 Å². The smallest absolute Gasteiger partial charge is 0.246 e. The van der Waals surface area contributed by atoms with Crippen LogP contribution in [0.3, 0.4) is 0 Å². The van der Waals surface area contributed by atoms with Crippen LogP contribution in [0.2, 0.25) is 0 Å². The number of aromatic nitrogens is 4. The van der Waals surface area contributed by atoms with E-state index in [4.69, 9.17) is 21.9 Å². The van der Waals surface area contributed by atoms with Crippen molar-refractivity contribution >= 4 is 140 Å². The molecule has 0 radical (unpaired) electrons. The molecule has 3 aromatic carbocycles. The number of nitrogens with two attached hydrogens (primary N) is 3. The quantitative estimate of drug-likeness (QED) is 0.0268. The zero-order chi connectivity index (χ0) is 96.3. The number of ether oxygens (including phenoxy) is 1. The number of methoxy groups -OCH3 is 1. The number of para-hydroxylation sites is 2. The highest BCUT2D eigenvalue weighted by atomic mass is 32.2. The molecule has 0 bridgehead atoms. The fourth-order valence-electron chi connectivity index (χ4n) is 15.9. The Kier molecular flexibility index (Phi) is 37.4. The van der Waals surface area contributed by atoms with Gasteiger partial charge in [-0.15, -0.1) is 11.8 Å². The molecule has 3 aromatic heterocycles. The predicted molar refractivity (Wildman–Crippen MR) is 474 cm³/mol. The standard InChI is InChI=1S/C86H116N22O23S/c1-7-8-18-65-79(123)102-63(41-110)78(122)103-64(74(118)93-38-71(89)115)42-132-43-72(116)95-59(29-46-20-22-50(111)23-21-46)82(126)104(3)45(2)73(117)99-61(34-70(88)114)85(129)107-27-13-19-66(107)80(124)98-58(32-49-37-90-44-94-49)76(120)96-56(24-25-69(87)113)84(128)108-39-51(112)33-68(108)81(125)97-57(30-47-35-91-54-16-11-9-14-52(47)54)75(119)101-62(40-109)77(121)100-60(31-48-36-92-55-17-12-10-15-53(48)55)83(127)106(5)67(26-28-131-6)86(130)105(65)4/h9-12,14-17,20-23,35-37,44-45,51,56-68,91-92,109-112H,7-8,13,18-19,24-34,38-43H2,1-6H3,(H2,87,113)(H2,88,114)(H2,89,115)(H,90,94)(H,93,118)(H,95,116)(H,96,120)(H,97,125)(H,98,124)(H,99,117)(H,100,121)(H,101,119)(H,102,123)(H,103,122)/t45-,51+,56-,57-,58-,59-,60-,61+,62-,63-,64-,65-,66-,67-,68-/m0/s1. The van der Waals surface area contributed by atoms with Crippen LogP contribution in [0.15, 0.2) is 97.7 Å². The van der Waals surface area contributed by atoms with Crippen LogP contribution in [0.4, 0.5) is 0 Å². The number of fused-ring (bicyclic) bond motifs is 4. The minimum absolute atomic E-state index is 0.0730. The highest BCUT2D eigenvalue weighted by Gasteiger charge is 2.47. The number of aromatic amines is 3. The summed E-state index contributed by atoms with van der Waals surface area (Å²) in [7, 11) is 5.01. The first-order valence-electron chi connectivity index (χ1n) is 43.0. The van der Waals surface area contributed by atoms with Crippen molar-refractivity contribution in [1.82, 2.24) is 97.6 Å². The zero-order valence-electron chi connectivity index (χ0n) is 73.8. The lowest BCUT2D eigenvalue weighted by molar-refractivity contribution is -0.150. The number of carbonyl (C=O) groups excluding carboxylic acids is 18. The number of rotatable bonds is 24. The molecule has 46 heteroatoms. The van der Waals surface area contributed by atoms with Crippen molar-refractivity contribution in [3.8, 4) is 5.75 Å². The average molecular weight is 1860 g/mol. The van der Waals surface area contributed by atoms with Crippen molar-refractivity contribution < 1.29 is 111 Å². The number of phenolic OH excluding ortho intramolecular Hbond substituents is 1. The highest BCUT2D eigenvalue weighted by molar-refractivity contribution is 8.00. The van der Waals surface area contributed by atoms with Crippen LogP contribution >= 0.6 is 11.8 Å². The molecule has 15 atom stereocenters. The Morgan fingerprint density at radius 1 is 0.545 bits per heavy atom. The molecule has 3 aliphatic rings. The molecule has 0 aliphatic carbocycles. The van der Waals surface area contributed by atoms with E-state index in [0.29, 0.717) is 56.7 Å². The molecule has 9 rings (SSSR count). The number of aromatic hydroxyl groups is 1. The first-order valence-corrected chi connectivity index (χ1v) is 44.2. The summed E-state index contributed by atoms with van der Waals surface area (Å²) in [5.74, 6) is -19.8. The lowest BCUT2D eigenvalue weighted by Gasteiger charge is -2.36. The van der Waals surface area contributed by atoms with E-state index in [1.807, 2.05) is 0 Å². The van der Waals surface area contributed by atoms with Gasteiger partial charge < -0.3 is 135 Å². The summed E-state index contributed by atoms with van der Waals surface area (Å²) in [6.45, 7) is -0.965. The molecule has 6 heterocycles. The molecule has 45 nitrogen and oxygen atoms in total. The monoisotopic (exact) mass is 1860 g/mol. The summed E-state index contributed by atoms with van der Waals surface area (Å²) in [6, 6.07) is -4.17. The van der Waals surface area contributed by atoms with Gasteiger partial charge in [-0.1, -0.05) is 68.3 Å². The van der Waals surface area contributed by atoms with Gasteiger partial charge in [-0.2, -0.15) is 0 Å². The highest BCUT2D eigenvalue weighted by Crippen LogP contribution is 2.28. The van der Waals surface area contributed by atoms with Crippen LogP contribution in [-0.2, 0) is 117 Å². The number of unbranched alkanes of at least 4 members (excludes halogenated alkanes) is 1. The number of primary amides is 3. The second-order valence-corrected chi connectivity index (χ2v) is 33.7. The Hall–Kier alpha value is -13.6. The molecule has 0 saturated carbocycles. The number of likely N-dealkylation sites (N-methyl/N-ethyl adjacent to an activating group) is 3. The minimum Gasteiger partial charge on any atom is -0.508 e. The molecule has 714 valence electrons. The molecule has 6 aromatic rings. The van der Waals surface area contributed by atoms with Crippen molar-refractivity contribution in [2.45, 2.75) is 194 Å². The largest absolute Gasteiger partial charge is 0.508 e. The summed E-state index contributed by atoms with van der Waals surface area (Å²) in [4.78, 5) is 278. The summed E-state index contributed by atoms with van der Waals surface area (Å²) in [5.41, 5.74) is 19.3. The number of aliphatic hydroxyl groups excluding tert-OH is 3. The molecule has 0 spiro atoms. The number of imidazole rings is 1. The SMILES string of the molecule is CCCC[C@H]1C(=O)N[C@@H](CO)C(=O)N[C@H](C(=O)NCC(N)=O)CSCC(=O)N[C@@H](Cc2ccc(O)cc2)C(=O)N(C)[C@@H](C)C(=O)N[C@H](CC(N)=O)C(=O)N2CCC[C@H]2C(=O)N[C@@H](Cc2c[nH]cn2)C(=O)N[C@@H](CCC(N)=O)C(=O)N2C[C@H](O)C[C@H]2C(=O)N[C@@H](Cc2c[nH]c3ccccc23)C(=O)N[C@@H](CO)C(=O)N[C@@H](Cc2c[nH]c3ccccc23)C(=O)N(C)[C@@H](CCOC)C(=O)N1C. The Morgan fingerprint density at radius 2 is 1.08 bits per heavy atom. The van der Waals surface area contributed by atoms with Gasteiger partial charge in [-0.3, -0.25) is 86.3 Å². The minimum atomic E-state index is -1.95. The molecule has 3 saturated heterocycles. The third-order valence-electron chi connectivity index (χ3n) is 23.2. The maximum atomic E-state index is 15.6. The van der Waals surface area contributed by atoms with Gasteiger partial charge >= 0.3 is 0 Å². The third-order valence-corrected chi connectivity index (χ3v) is 24.3. The number of H-pyrrole nitrogens is 3. The normalized spacial score (nSPS) is 25.0. The van der Waals surface area contributed by atoms with E-state index < -0.39 is 267 Å². The number of hydrogen-bond acceptors (Lipinski definition) is 25. The van der Waals surface area contributed by atoms with Gasteiger partial charge in [-0.25, -0.2) is 4.98 Å². The zero-order valence-corrected chi connectivity index (χ0v) is 74.6. The number of thioether (sulfide) groups is 1. The number of benzene rings is 3. The van der Waals surface area contributed by atoms with E-state index in [1.165, 1.54) is 72.0 Å². The van der Waals surface area contributed by atoms with E-state index in [0.717, 1.165) is 24.5 Å². The number of amides is 18. The van der Waals surface area contributed by atoms with Gasteiger partial charge in [0.15, 0.2) is 0 Å². The van der Waals surface area contributed by atoms with E-state index in [9.17, 15) is 73.2 Å². The molecular weight excluding hydrogens is 1740 g/mol. The lowest BCUT2D eigenvalue weighted by Crippen LogP contribution is -2.62. The van der Waals surface area contributed by atoms with Crippen molar-refractivity contribution in [2.75, 3.05) is 79.2 Å². The van der Waals surface area contributed by atoms with Crippen LogP contribution < -0.4 is 70.4 Å². The van der Waals surface area contributed by atoms with Crippen LogP contribution in [-0.4, -0.2) is 341 Å². The molecule has 3 fully saturated rings. The van der Waals surface area contributed by atoms with E-state index in [1.54, 1.807) is 67.8 Å². The molecule has 18 amide bonds. The van der Waals surface area contributed by atoms with Crippen molar-refractivity contribution in [1.29, 1.82) is 0 Å². The van der Waals surface area contributed by atoms with Crippen LogP contribution in [0, 0.1) is 0 Å². The average Bonchev–Trinajstić information content (AvgIpc) is 1.73. The second kappa shape index (κ2) is 48.3. The fourth-order valence-corrected chi connectivity index (χ4v) is 16.7. The van der Waals surface area contributed by atoms with Gasteiger partial charge in [0, 0.05) is 139 Å². The Bertz CT molecular complexity index is 5150. The number of nitrogens with zero attached hydrogens (tertiary/aromatic N) is 6. The first kappa shape index (κ1) is 102. The van der Waals surface area contributed by atoms with Gasteiger partial charge in [0.1, 0.15) is 90.3 Å². The fraction of sp³-hybridized carbons (Fsp3) is 0.500. The Labute approximate surface area is 762 Å². The maximum Gasteiger partial charge on any atom is 0.246 e. The van der Waals surface area contributed by atoms with Gasteiger partial charge in [0.2, 0.25) is 106 Å². The molecule has 132 heavy (non-hydrogen) atoms. The maximum absolute atomic E-state index is 15.6. The van der Waals surface area contributed by atoms with Crippen molar-refractivity contribution in [2.24, 2.45) is 17.2 Å². The predicted octanol–water partition coefficient (Wildman–Crippen LogP) is -6.13. The van der Waals surface area contributed by atoms with E-state index in [-0.39, 0.29) is 76.0 Å². The Morgan fingerprint density at radius 3 is 1.67 bits per heavy atom. The molecule has 23 N–H and O–H groups in total. The number of hydrogen-bond donors (Lipinski definition) is 20.